The normalized spacial score (nSPS) is 25.6. The molecule has 1 aromatic rings. The summed E-state index contributed by atoms with van der Waals surface area (Å²) < 4.78 is 23.2. The Morgan fingerprint density at radius 3 is 2.68 bits per heavy atom. The molecule has 140 valence electrons. The monoisotopic (exact) mass is 477 g/mol. The molecule has 1 aromatic carbocycles. The maximum atomic E-state index is 11.6. The lowest BCUT2D eigenvalue weighted by molar-refractivity contribution is 0.481. The van der Waals surface area contributed by atoms with E-state index in [-0.39, 0.29) is 29.9 Å². The highest BCUT2D eigenvalue weighted by atomic mass is 127. The fourth-order valence-electron chi connectivity index (χ4n) is 3.61. The van der Waals surface area contributed by atoms with Crippen molar-refractivity contribution in [3.05, 3.63) is 35.9 Å². The van der Waals surface area contributed by atoms with Crippen LogP contribution in [0.2, 0.25) is 0 Å². The number of nitrogens with one attached hydrogen (secondary N) is 1. The first-order valence-electron chi connectivity index (χ1n) is 8.86. The van der Waals surface area contributed by atoms with Gasteiger partial charge in [0.25, 0.3) is 0 Å². The number of rotatable bonds is 4. The van der Waals surface area contributed by atoms with E-state index in [1.54, 1.807) is 0 Å². The van der Waals surface area contributed by atoms with Crippen LogP contribution in [-0.4, -0.2) is 57.0 Å². The number of sulfone groups is 1. The minimum Gasteiger partial charge on any atom is -0.357 e. The standard InChI is InChI=1S/C18H27N3O2S.HI/c1-2-19-18(20-12-15-9-11-24(22,23)14-15)21-10-8-17(13-21)16-6-4-3-5-7-16;/h3-7,15,17H,2,8-14H2,1H3,(H,19,20);1H. The molecule has 0 spiro atoms. The van der Waals surface area contributed by atoms with Crippen molar-refractivity contribution in [2.75, 3.05) is 37.7 Å². The molecule has 0 bridgehead atoms. The van der Waals surface area contributed by atoms with E-state index in [2.05, 4.69) is 47.5 Å². The van der Waals surface area contributed by atoms with Gasteiger partial charge in [0.15, 0.2) is 15.8 Å². The molecule has 2 aliphatic heterocycles. The summed E-state index contributed by atoms with van der Waals surface area (Å²) in [5.41, 5.74) is 1.39. The van der Waals surface area contributed by atoms with Gasteiger partial charge in [0.2, 0.25) is 0 Å². The molecule has 1 N–H and O–H groups in total. The van der Waals surface area contributed by atoms with Gasteiger partial charge in [-0.15, -0.1) is 24.0 Å². The lowest BCUT2D eigenvalue weighted by Crippen LogP contribution is -2.40. The van der Waals surface area contributed by atoms with Crippen molar-refractivity contribution < 1.29 is 8.42 Å². The number of benzene rings is 1. The van der Waals surface area contributed by atoms with Gasteiger partial charge in [-0.25, -0.2) is 8.42 Å². The molecule has 0 radical (unpaired) electrons. The minimum absolute atomic E-state index is 0. The predicted molar refractivity (Wildman–Crippen MR) is 114 cm³/mol. The first-order valence-corrected chi connectivity index (χ1v) is 10.7. The smallest absolute Gasteiger partial charge is 0.193 e. The Labute approximate surface area is 168 Å². The summed E-state index contributed by atoms with van der Waals surface area (Å²) in [7, 11) is -2.82. The first kappa shape index (κ1) is 20.5. The molecule has 25 heavy (non-hydrogen) atoms. The van der Waals surface area contributed by atoms with Crippen LogP contribution in [0.5, 0.6) is 0 Å². The molecule has 0 amide bonds. The van der Waals surface area contributed by atoms with Crippen molar-refractivity contribution in [2.24, 2.45) is 10.9 Å². The molecule has 2 atom stereocenters. The number of likely N-dealkylation sites (tertiary alicyclic amines) is 1. The molecule has 2 aliphatic rings. The number of nitrogens with zero attached hydrogens (tertiary/aromatic N) is 2. The van der Waals surface area contributed by atoms with E-state index in [0.717, 1.165) is 38.4 Å². The fourth-order valence-corrected chi connectivity index (χ4v) is 5.46. The van der Waals surface area contributed by atoms with Crippen LogP contribution in [0.15, 0.2) is 35.3 Å². The van der Waals surface area contributed by atoms with E-state index in [9.17, 15) is 8.42 Å². The molecule has 0 aliphatic carbocycles. The molecule has 2 saturated heterocycles. The Hall–Kier alpha value is -0.830. The molecule has 2 heterocycles. The zero-order chi connectivity index (χ0) is 17.0. The van der Waals surface area contributed by atoms with E-state index in [4.69, 9.17) is 4.99 Å². The number of aliphatic imine (C=N–C) groups is 1. The lowest BCUT2D eigenvalue weighted by atomic mass is 9.99. The Bertz CT molecular complexity index is 679. The number of hydrogen-bond donors (Lipinski definition) is 1. The largest absolute Gasteiger partial charge is 0.357 e. The van der Waals surface area contributed by atoms with Gasteiger partial charge in [-0.1, -0.05) is 30.3 Å². The van der Waals surface area contributed by atoms with E-state index in [1.807, 2.05) is 0 Å². The minimum atomic E-state index is -2.82. The van der Waals surface area contributed by atoms with Crippen molar-refractivity contribution in [1.82, 2.24) is 10.2 Å². The SMILES string of the molecule is CCNC(=NCC1CCS(=O)(=O)C1)N1CCC(c2ccccc2)C1.I. The highest BCUT2D eigenvalue weighted by Gasteiger charge is 2.29. The zero-order valence-electron chi connectivity index (χ0n) is 14.7. The third kappa shape index (κ3) is 5.57. The van der Waals surface area contributed by atoms with Gasteiger partial charge >= 0.3 is 0 Å². The Morgan fingerprint density at radius 1 is 1.28 bits per heavy atom. The van der Waals surface area contributed by atoms with Crippen molar-refractivity contribution >= 4 is 39.8 Å². The average Bonchev–Trinajstić information content (AvgIpc) is 3.19. The Morgan fingerprint density at radius 2 is 2.04 bits per heavy atom. The maximum Gasteiger partial charge on any atom is 0.193 e. The highest BCUT2D eigenvalue weighted by Crippen LogP contribution is 2.27. The van der Waals surface area contributed by atoms with Gasteiger partial charge in [0, 0.05) is 32.1 Å². The number of halogens is 1. The van der Waals surface area contributed by atoms with Crippen molar-refractivity contribution in [3.8, 4) is 0 Å². The summed E-state index contributed by atoms with van der Waals surface area (Å²) in [4.78, 5) is 7.05. The molecule has 2 fully saturated rings. The van der Waals surface area contributed by atoms with Crippen LogP contribution in [0, 0.1) is 5.92 Å². The Kier molecular flexibility index (Phi) is 7.54. The summed E-state index contributed by atoms with van der Waals surface area (Å²) >= 11 is 0. The predicted octanol–water partition coefficient (Wildman–Crippen LogP) is 2.49. The third-order valence-corrected chi connectivity index (χ3v) is 6.76. The average molecular weight is 477 g/mol. The lowest BCUT2D eigenvalue weighted by Gasteiger charge is -2.22. The van der Waals surface area contributed by atoms with E-state index in [0.29, 0.717) is 24.0 Å². The van der Waals surface area contributed by atoms with Gasteiger partial charge < -0.3 is 10.2 Å². The summed E-state index contributed by atoms with van der Waals surface area (Å²) in [6, 6.07) is 10.6. The van der Waals surface area contributed by atoms with Crippen LogP contribution in [0.25, 0.3) is 0 Å². The Balaban J connectivity index is 0.00000225. The second-order valence-electron chi connectivity index (χ2n) is 6.81. The second kappa shape index (κ2) is 9.21. The van der Waals surface area contributed by atoms with Crippen molar-refractivity contribution in [2.45, 2.75) is 25.7 Å². The topological polar surface area (TPSA) is 61.8 Å². The van der Waals surface area contributed by atoms with E-state index in [1.165, 1.54) is 5.56 Å². The van der Waals surface area contributed by atoms with Crippen LogP contribution in [-0.2, 0) is 9.84 Å². The highest BCUT2D eigenvalue weighted by molar-refractivity contribution is 14.0. The fraction of sp³-hybridized carbons (Fsp3) is 0.611. The molecule has 5 nitrogen and oxygen atoms in total. The molecule has 0 aromatic heterocycles. The molecule has 7 heteroatoms. The van der Waals surface area contributed by atoms with Gasteiger partial charge in [-0.05, 0) is 31.2 Å². The first-order chi connectivity index (χ1) is 11.6. The quantitative estimate of drug-likeness (QED) is 0.412. The molecular weight excluding hydrogens is 449 g/mol. The van der Waals surface area contributed by atoms with Crippen LogP contribution in [0.4, 0.5) is 0 Å². The summed E-state index contributed by atoms with van der Waals surface area (Å²) in [5, 5.41) is 3.37. The summed E-state index contributed by atoms with van der Waals surface area (Å²) in [6.45, 7) is 5.47. The van der Waals surface area contributed by atoms with E-state index < -0.39 is 9.84 Å². The van der Waals surface area contributed by atoms with Crippen LogP contribution < -0.4 is 5.32 Å². The van der Waals surface area contributed by atoms with Gasteiger partial charge in [0.1, 0.15) is 0 Å². The summed E-state index contributed by atoms with van der Waals surface area (Å²) in [6.07, 6.45) is 1.88. The number of guanidine groups is 1. The second-order valence-corrected chi connectivity index (χ2v) is 9.03. The number of hydrogen-bond acceptors (Lipinski definition) is 3. The van der Waals surface area contributed by atoms with Gasteiger partial charge in [-0.3, -0.25) is 4.99 Å². The molecular formula is C18H28IN3O2S. The van der Waals surface area contributed by atoms with Crippen molar-refractivity contribution in [1.29, 1.82) is 0 Å². The van der Waals surface area contributed by atoms with Crippen LogP contribution in [0.1, 0.15) is 31.2 Å². The molecule has 2 unspecified atom stereocenters. The third-order valence-electron chi connectivity index (χ3n) is 4.92. The zero-order valence-corrected chi connectivity index (χ0v) is 17.9. The van der Waals surface area contributed by atoms with Crippen LogP contribution >= 0.6 is 24.0 Å². The van der Waals surface area contributed by atoms with Gasteiger partial charge in [0.05, 0.1) is 11.5 Å². The van der Waals surface area contributed by atoms with Gasteiger partial charge in [-0.2, -0.15) is 0 Å². The maximum absolute atomic E-state index is 11.6. The van der Waals surface area contributed by atoms with Crippen LogP contribution in [0.3, 0.4) is 0 Å². The van der Waals surface area contributed by atoms with E-state index >= 15 is 0 Å². The summed E-state index contributed by atoms with van der Waals surface area (Å²) in [5.74, 6) is 2.27. The van der Waals surface area contributed by atoms with Crippen molar-refractivity contribution in [3.63, 3.8) is 0 Å². The molecule has 0 saturated carbocycles. The molecule has 3 rings (SSSR count).